The zero-order valence-corrected chi connectivity index (χ0v) is 24.0. The normalized spacial score (nSPS) is 10.8. The lowest BCUT2D eigenvalue weighted by molar-refractivity contribution is -0.114. The van der Waals surface area contributed by atoms with E-state index < -0.39 is 0 Å². The second kappa shape index (κ2) is 12.9. The molecule has 9 heteroatoms. The second-order valence-electron chi connectivity index (χ2n) is 10.2. The van der Waals surface area contributed by atoms with Gasteiger partial charge in [0.05, 0.1) is 5.39 Å². The van der Waals surface area contributed by atoms with Crippen molar-refractivity contribution in [2.24, 2.45) is 0 Å². The number of nitrogens with one attached hydrogen (secondary N) is 4. The van der Waals surface area contributed by atoms with E-state index in [9.17, 15) is 9.59 Å². The lowest BCUT2D eigenvalue weighted by atomic mass is 9.99. The van der Waals surface area contributed by atoms with E-state index in [1.165, 1.54) is 13.3 Å². The van der Waals surface area contributed by atoms with Gasteiger partial charge >= 0.3 is 6.03 Å². The molecule has 0 spiro atoms. The van der Waals surface area contributed by atoms with Gasteiger partial charge in [-0.15, -0.1) is 0 Å². The Morgan fingerprint density at radius 3 is 2.07 bits per heavy atom. The molecule has 0 unspecified atom stereocenters. The van der Waals surface area contributed by atoms with Crippen molar-refractivity contribution in [1.29, 1.82) is 0 Å². The van der Waals surface area contributed by atoms with Crippen molar-refractivity contribution in [3.05, 3.63) is 121 Å². The largest absolute Gasteiger partial charge is 0.437 e. The number of hydrogen-bond acceptors (Lipinski definition) is 6. The molecule has 0 saturated carbocycles. The number of urea groups is 1. The molecule has 44 heavy (non-hydrogen) atoms. The van der Waals surface area contributed by atoms with Crippen molar-refractivity contribution >= 4 is 45.9 Å². The molecule has 218 valence electrons. The summed E-state index contributed by atoms with van der Waals surface area (Å²) in [6, 6.07) is 34.4. The minimum atomic E-state index is -0.378. The molecule has 0 saturated heterocycles. The maximum Gasteiger partial charge on any atom is 0.323 e. The number of aromatic nitrogens is 2. The molecule has 6 rings (SSSR count). The van der Waals surface area contributed by atoms with E-state index in [0.29, 0.717) is 35.1 Å². The van der Waals surface area contributed by atoms with Crippen LogP contribution in [-0.4, -0.2) is 28.5 Å². The van der Waals surface area contributed by atoms with E-state index >= 15 is 0 Å². The van der Waals surface area contributed by atoms with Crippen LogP contribution in [0, 0.1) is 0 Å². The highest BCUT2D eigenvalue weighted by molar-refractivity contribution is 6.06. The third-order valence-corrected chi connectivity index (χ3v) is 6.95. The minimum Gasteiger partial charge on any atom is -0.437 e. The predicted molar refractivity (Wildman–Crippen MR) is 175 cm³/mol. The first-order valence-corrected chi connectivity index (χ1v) is 14.2. The summed E-state index contributed by atoms with van der Waals surface area (Å²) in [5, 5.41) is 12.6. The maximum atomic E-state index is 12.5. The molecule has 4 N–H and O–H groups in total. The van der Waals surface area contributed by atoms with Gasteiger partial charge < -0.3 is 25.7 Å². The Balaban J connectivity index is 1.13. The first-order valence-electron chi connectivity index (χ1n) is 14.2. The van der Waals surface area contributed by atoms with Gasteiger partial charge in [-0.1, -0.05) is 78.9 Å². The van der Waals surface area contributed by atoms with Crippen LogP contribution in [0.4, 0.5) is 27.7 Å². The summed E-state index contributed by atoms with van der Waals surface area (Å²) in [7, 11) is 0. The Labute approximate surface area is 254 Å². The molecule has 0 bridgehead atoms. The fraction of sp³-hybridized carbons (Fsp3) is 0.0857. The molecule has 4 aromatic carbocycles. The highest BCUT2D eigenvalue weighted by atomic mass is 16.3. The molecular weight excluding hydrogens is 552 g/mol. The van der Waals surface area contributed by atoms with Crippen LogP contribution >= 0.6 is 0 Å². The monoisotopic (exact) mass is 582 g/mol. The second-order valence-corrected chi connectivity index (χ2v) is 10.2. The van der Waals surface area contributed by atoms with Gasteiger partial charge in [0, 0.05) is 41.7 Å². The number of anilines is 4. The van der Waals surface area contributed by atoms with Crippen LogP contribution in [-0.2, 0) is 11.2 Å². The van der Waals surface area contributed by atoms with Crippen molar-refractivity contribution < 1.29 is 14.0 Å². The van der Waals surface area contributed by atoms with E-state index in [1.54, 1.807) is 24.3 Å². The van der Waals surface area contributed by atoms with Gasteiger partial charge in [0.15, 0.2) is 0 Å². The number of benzene rings is 4. The van der Waals surface area contributed by atoms with Crippen molar-refractivity contribution in [3.8, 4) is 22.5 Å². The van der Waals surface area contributed by atoms with Crippen molar-refractivity contribution in [1.82, 2.24) is 9.97 Å². The highest BCUT2D eigenvalue weighted by Gasteiger charge is 2.21. The van der Waals surface area contributed by atoms with Crippen molar-refractivity contribution in [3.63, 3.8) is 0 Å². The number of rotatable bonds is 9. The zero-order chi connectivity index (χ0) is 30.3. The van der Waals surface area contributed by atoms with Crippen molar-refractivity contribution in [2.75, 3.05) is 27.8 Å². The zero-order valence-electron chi connectivity index (χ0n) is 24.0. The molecule has 0 radical (unpaired) electrons. The third-order valence-electron chi connectivity index (χ3n) is 6.95. The summed E-state index contributed by atoms with van der Waals surface area (Å²) in [6.45, 7) is 2.06. The lowest BCUT2D eigenvalue weighted by Crippen LogP contribution is -2.19. The Kier molecular flexibility index (Phi) is 8.27. The summed E-state index contributed by atoms with van der Waals surface area (Å²) >= 11 is 0. The molecule has 3 amide bonds. The number of hydrogen-bond donors (Lipinski definition) is 4. The van der Waals surface area contributed by atoms with Crippen LogP contribution in [0.3, 0.4) is 0 Å². The van der Waals surface area contributed by atoms with E-state index in [2.05, 4.69) is 43.4 Å². The van der Waals surface area contributed by atoms with Crippen LogP contribution in [0.5, 0.6) is 0 Å². The van der Waals surface area contributed by atoms with E-state index in [4.69, 9.17) is 4.42 Å². The van der Waals surface area contributed by atoms with Crippen LogP contribution in [0.25, 0.3) is 33.6 Å². The van der Waals surface area contributed by atoms with Crippen molar-refractivity contribution in [2.45, 2.75) is 13.3 Å². The lowest BCUT2D eigenvalue weighted by Gasteiger charge is -2.11. The first-order chi connectivity index (χ1) is 21.5. The minimum absolute atomic E-state index is 0.178. The molecule has 0 aliphatic rings. The Morgan fingerprint density at radius 2 is 1.36 bits per heavy atom. The molecule has 9 nitrogen and oxygen atoms in total. The van der Waals surface area contributed by atoms with Crippen LogP contribution in [0.2, 0.25) is 0 Å². The average Bonchev–Trinajstić information content (AvgIpc) is 3.43. The molecule has 0 aliphatic heterocycles. The fourth-order valence-electron chi connectivity index (χ4n) is 4.99. The predicted octanol–water partition coefficient (Wildman–Crippen LogP) is 7.81. The van der Waals surface area contributed by atoms with Gasteiger partial charge in [0.25, 0.3) is 0 Å². The smallest absolute Gasteiger partial charge is 0.323 e. The summed E-state index contributed by atoms with van der Waals surface area (Å²) in [4.78, 5) is 32.8. The number of amides is 3. The van der Waals surface area contributed by atoms with E-state index in [-0.39, 0.29) is 11.9 Å². The van der Waals surface area contributed by atoms with Crippen LogP contribution in [0.15, 0.2) is 120 Å². The number of furan rings is 1. The number of carbonyl (C=O) groups excluding carboxylic acids is 2. The molecule has 0 fully saturated rings. The molecule has 2 aromatic heterocycles. The summed E-state index contributed by atoms with van der Waals surface area (Å²) in [5.74, 6) is 1.28. The van der Waals surface area contributed by atoms with Gasteiger partial charge in [-0.3, -0.25) is 4.79 Å². The highest BCUT2D eigenvalue weighted by Crippen LogP contribution is 2.42. The van der Waals surface area contributed by atoms with Gasteiger partial charge in [-0.25, -0.2) is 14.8 Å². The topological polar surface area (TPSA) is 121 Å². The Hall–Kier alpha value is -5.96. The Morgan fingerprint density at radius 1 is 0.705 bits per heavy atom. The van der Waals surface area contributed by atoms with Crippen LogP contribution < -0.4 is 21.3 Å². The maximum absolute atomic E-state index is 12.5. The average molecular weight is 583 g/mol. The fourth-order valence-corrected chi connectivity index (χ4v) is 4.99. The number of nitrogens with zero attached hydrogens (tertiary/aromatic N) is 2. The van der Waals surface area contributed by atoms with Gasteiger partial charge in [0.1, 0.15) is 17.9 Å². The first kappa shape index (κ1) is 28.2. The molecule has 6 aromatic rings. The van der Waals surface area contributed by atoms with E-state index in [0.717, 1.165) is 39.8 Å². The third kappa shape index (κ3) is 6.57. The van der Waals surface area contributed by atoms with Gasteiger partial charge in [-0.2, -0.15) is 0 Å². The van der Waals surface area contributed by atoms with Crippen LogP contribution in [0.1, 0.15) is 12.5 Å². The number of fused-ring (bicyclic) bond motifs is 1. The Bertz CT molecular complexity index is 1900. The quantitative estimate of drug-likeness (QED) is 0.138. The van der Waals surface area contributed by atoms with Gasteiger partial charge in [-0.05, 0) is 47.9 Å². The molecule has 0 aliphatic carbocycles. The summed E-state index contributed by atoms with van der Waals surface area (Å²) < 4.78 is 6.30. The molecule has 0 atom stereocenters. The standard InChI is InChI=1S/C35H30N6O3/c1-23(42)39-28-13-8-14-29(21-28)41-35(43)40-27-17-15-24(16-18-27)19-20-36-33-31-30(25-9-4-2-5-10-25)32(26-11-6-3-7-12-26)44-34(31)38-22-37-33/h2-18,21-22H,19-20H2,1H3,(H,39,42)(H,36,37,38)(H2,40,41,43). The SMILES string of the molecule is CC(=O)Nc1cccc(NC(=O)Nc2ccc(CCNc3ncnc4oc(-c5ccccc5)c(-c5ccccc5)c34)cc2)c1. The number of carbonyl (C=O) groups is 2. The summed E-state index contributed by atoms with van der Waals surface area (Å²) in [6.07, 6.45) is 2.25. The molecular formula is C35H30N6O3. The molecule has 2 heterocycles. The summed E-state index contributed by atoms with van der Waals surface area (Å²) in [5.41, 5.74) is 6.40. The van der Waals surface area contributed by atoms with E-state index in [1.807, 2.05) is 72.8 Å². The van der Waals surface area contributed by atoms with Gasteiger partial charge in [0.2, 0.25) is 11.6 Å².